The molecule has 1 atom stereocenters. The van der Waals surface area contributed by atoms with Crippen LogP contribution < -0.4 is 10.2 Å². The van der Waals surface area contributed by atoms with Crippen molar-refractivity contribution in [1.82, 2.24) is 15.3 Å². The second kappa shape index (κ2) is 4.11. The molecule has 1 fully saturated rings. The van der Waals surface area contributed by atoms with Crippen molar-refractivity contribution >= 4 is 17.5 Å². The third-order valence-electron chi connectivity index (χ3n) is 2.51. The maximum absolute atomic E-state index is 5.80. The smallest absolute Gasteiger partial charge is 0.226 e. The summed E-state index contributed by atoms with van der Waals surface area (Å²) in [5.41, 5.74) is 0. The summed E-state index contributed by atoms with van der Waals surface area (Å²) < 4.78 is 0. The molecule has 1 saturated heterocycles. The predicted molar refractivity (Wildman–Crippen MR) is 56.7 cm³/mol. The summed E-state index contributed by atoms with van der Waals surface area (Å²) in [5, 5.41) is 3.80. The van der Waals surface area contributed by atoms with Gasteiger partial charge < -0.3 is 10.2 Å². The van der Waals surface area contributed by atoms with Gasteiger partial charge in [0.1, 0.15) is 5.15 Å². The van der Waals surface area contributed by atoms with Crippen LogP contribution in [0.5, 0.6) is 0 Å². The topological polar surface area (TPSA) is 41.1 Å². The van der Waals surface area contributed by atoms with E-state index in [0.717, 1.165) is 19.5 Å². The van der Waals surface area contributed by atoms with Crippen molar-refractivity contribution < 1.29 is 0 Å². The summed E-state index contributed by atoms with van der Waals surface area (Å²) in [6.07, 6.45) is 2.82. The Morgan fingerprint density at radius 1 is 1.64 bits per heavy atom. The molecule has 5 heteroatoms. The fourth-order valence-corrected chi connectivity index (χ4v) is 1.76. The Labute approximate surface area is 88.3 Å². The first-order valence-corrected chi connectivity index (χ1v) is 5.07. The molecular formula is C9H13ClN4. The van der Waals surface area contributed by atoms with E-state index in [-0.39, 0.29) is 0 Å². The van der Waals surface area contributed by atoms with Gasteiger partial charge in [0.05, 0.1) is 0 Å². The van der Waals surface area contributed by atoms with Crippen molar-refractivity contribution in [3.63, 3.8) is 0 Å². The molecule has 1 aromatic heterocycles. The van der Waals surface area contributed by atoms with Crippen molar-refractivity contribution in [3.8, 4) is 0 Å². The zero-order valence-electron chi connectivity index (χ0n) is 8.07. The molecule has 4 nitrogen and oxygen atoms in total. The second-order valence-electron chi connectivity index (χ2n) is 3.44. The van der Waals surface area contributed by atoms with Gasteiger partial charge in [-0.05, 0) is 19.0 Å². The van der Waals surface area contributed by atoms with Gasteiger partial charge in [0, 0.05) is 25.8 Å². The summed E-state index contributed by atoms with van der Waals surface area (Å²) in [7, 11) is 2.00. The first-order valence-electron chi connectivity index (χ1n) is 4.69. The van der Waals surface area contributed by atoms with E-state index in [4.69, 9.17) is 11.6 Å². The summed E-state index contributed by atoms with van der Waals surface area (Å²) >= 11 is 5.80. The Hall–Kier alpha value is -0.870. The molecule has 0 bridgehead atoms. The number of anilines is 1. The van der Waals surface area contributed by atoms with Crippen LogP contribution in [0.1, 0.15) is 6.42 Å². The molecule has 0 amide bonds. The summed E-state index contributed by atoms with van der Waals surface area (Å²) in [5.74, 6) is 0.700. The van der Waals surface area contributed by atoms with E-state index in [2.05, 4.69) is 20.2 Å². The van der Waals surface area contributed by atoms with Crippen LogP contribution in [-0.4, -0.2) is 36.1 Å². The monoisotopic (exact) mass is 212 g/mol. The Morgan fingerprint density at radius 3 is 3.14 bits per heavy atom. The molecule has 0 spiro atoms. The van der Waals surface area contributed by atoms with E-state index in [1.807, 2.05) is 7.05 Å². The van der Waals surface area contributed by atoms with E-state index < -0.39 is 0 Å². The molecule has 0 radical (unpaired) electrons. The van der Waals surface area contributed by atoms with E-state index in [9.17, 15) is 0 Å². The van der Waals surface area contributed by atoms with Crippen molar-refractivity contribution in [2.45, 2.75) is 12.5 Å². The summed E-state index contributed by atoms with van der Waals surface area (Å²) in [6, 6.07) is 2.17. The van der Waals surface area contributed by atoms with Gasteiger partial charge in [-0.2, -0.15) is 0 Å². The van der Waals surface area contributed by atoms with E-state index >= 15 is 0 Å². The van der Waals surface area contributed by atoms with Gasteiger partial charge in [0.15, 0.2) is 0 Å². The number of halogens is 1. The Bertz CT molecular complexity index is 311. The molecule has 14 heavy (non-hydrogen) atoms. The molecule has 1 aliphatic heterocycles. The minimum absolute atomic E-state index is 0.480. The highest BCUT2D eigenvalue weighted by molar-refractivity contribution is 6.29. The van der Waals surface area contributed by atoms with Gasteiger partial charge >= 0.3 is 0 Å². The van der Waals surface area contributed by atoms with Gasteiger partial charge in [0.25, 0.3) is 0 Å². The van der Waals surface area contributed by atoms with Gasteiger partial charge in [-0.3, -0.25) is 0 Å². The number of hydrogen-bond donors (Lipinski definition) is 1. The van der Waals surface area contributed by atoms with Gasteiger partial charge in [0.2, 0.25) is 5.95 Å². The predicted octanol–water partition coefficient (Wildman–Crippen LogP) is 0.928. The van der Waals surface area contributed by atoms with E-state index in [1.54, 1.807) is 12.3 Å². The normalized spacial score (nSPS) is 21.1. The molecule has 76 valence electrons. The standard InChI is InChI=1S/C9H13ClN4/c1-14(7-2-4-11-6-7)9-12-5-3-8(10)13-9/h3,5,7,11H,2,4,6H2,1H3. The van der Waals surface area contributed by atoms with Crippen LogP contribution in [0, 0.1) is 0 Å². The first-order chi connectivity index (χ1) is 6.77. The highest BCUT2D eigenvalue weighted by Gasteiger charge is 2.20. The van der Waals surface area contributed by atoms with Crippen LogP contribution in [0.4, 0.5) is 5.95 Å². The molecular weight excluding hydrogens is 200 g/mol. The average molecular weight is 213 g/mol. The second-order valence-corrected chi connectivity index (χ2v) is 3.82. The molecule has 1 aromatic rings. The van der Waals surface area contributed by atoms with E-state index in [0.29, 0.717) is 17.1 Å². The first kappa shape index (κ1) is 9.68. The minimum Gasteiger partial charge on any atom is -0.340 e. The zero-order valence-corrected chi connectivity index (χ0v) is 8.83. The average Bonchev–Trinajstić information content (AvgIpc) is 2.69. The van der Waals surface area contributed by atoms with Crippen LogP contribution in [-0.2, 0) is 0 Å². The SMILES string of the molecule is CN(c1nccc(Cl)n1)C1CCNC1. The largest absolute Gasteiger partial charge is 0.340 e. The third kappa shape index (κ3) is 1.96. The lowest BCUT2D eigenvalue weighted by Crippen LogP contribution is -2.34. The zero-order chi connectivity index (χ0) is 9.97. The maximum atomic E-state index is 5.80. The van der Waals surface area contributed by atoms with Crippen LogP contribution in [0.2, 0.25) is 5.15 Å². The number of nitrogens with zero attached hydrogens (tertiary/aromatic N) is 3. The van der Waals surface area contributed by atoms with Crippen LogP contribution in [0.25, 0.3) is 0 Å². The number of nitrogens with one attached hydrogen (secondary N) is 1. The molecule has 2 rings (SSSR count). The fourth-order valence-electron chi connectivity index (χ4n) is 1.63. The van der Waals surface area contributed by atoms with Crippen LogP contribution in [0.15, 0.2) is 12.3 Å². The van der Waals surface area contributed by atoms with Crippen molar-refractivity contribution in [3.05, 3.63) is 17.4 Å². The van der Waals surface area contributed by atoms with Crippen LogP contribution in [0.3, 0.4) is 0 Å². The summed E-state index contributed by atoms with van der Waals surface area (Å²) in [4.78, 5) is 10.4. The number of rotatable bonds is 2. The third-order valence-corrected chi connectivity index (χ3v) is 2.72. The highest BCUT2D eigenvalue weighted by atomic mass is 35.5. The van der Waals surface area contributed by atoms with Gasteiger partial charge in [-0.25, -0.2) is 9.97 Å². The molecule has 1 N–H and O–H groups in total. The van der Waals surface area contributed by atoms with Crippen LogP contribution >= 0.6 is 11.6 Å². The van der Waals surface area contributed by atoms with Crippen molar-refractivity contribution in [1.29, 1.82) is 0 Å². The molecule has 2 heterocycles. The number of likely N-dealkylation sites (N-methyl/N-ethyl adjacent to an activating group) is 1. The highest BCUT2D eigenvalue weighted by Crippen LogP contribution is 2.15. The minimum atomic E-state index is 0.480. The Balaban J connectivity index is 2.13. The van der Waals surface area contributed by atoms with Crippen molar-refractivity contribution in [2.75, 3.05) is 25.0 Å². The molecule has 0 aliphatic carbocycles. The number of hydrogen-bond acceptors (Lipinski definition) is 4. The quantitative estimate of drug-likeness (QED) is 0.741. The molecule has 1 aliphatic rings. The lowest BCUT2D eigenvalue weighted by Gasteiger charge is -2.23. The lowest BCUT2D eigenvalue weighted by atomic mass is 10.2. The Morgan fingerprint density at radius 2 is 2.50 bits per heavy atom. The molecule has 1 unspecified atom stereocenters. The van der Waals surface area contributed by atoms with Gasteiger partial charge in [-0.1, -0.05) is 11.6 Å². The summed E-state index contributed by atoms with van der Waals surface area (Å²) in [6.45, 7) is 2.06. The van der Waals surface area contributed by atoms with Crippen molar-refractivity contribution in [2.24, 2.45) is 0 Å². The molecule has 0 saturated carbocycles. The van der Waals surface area contributed by atoms with Gasteiger partial charge in [-0.15, -0.1) is 0 Å². The maximum Gasteiger partial charge on any atom is 0.226 e. The number of aromatic nitrogens is 2. The van der Waals surface area contributed by atoms with E-state index in [1.165, 1.54) is 0 Å². The Kier molecular flexibility index (Phi) is 2.84. The fraction of sp³-hybridized carbons (Fsp3) is 0.556. The lowest BCUT2D eigenvalue weighted by molar-refractivity contribution is 0.668. The molecule has 0 aromatic carbocycles.